The molecule has 5 nitrogen and oxygen atoms in total. The van der Waals surface area contributed by atoms with Crippen molar-refractivity contribution in [3.63, 3.8) is 0 Å². The van der Waals surface area contributed by atoms with Crippen molar-refractivity contribution in [3.05, 3.63) is 46.0 Å². The van der Waals surface area contributed by atoms with Crippen LogP contribution in [0.3, 0.4) is 0 Å². The van der Waals surface area contributed by atoms with Crippen molar-refractivity contribution in [2.75, 3.05) is 19.6 Å². The minimum absolute atomic E-state index is 0.00896. The van der Waals surface area contributed by atoms with Crippen molar-refractivity contribution in [2.45, 2.75) is 44.4 Å². The molecule has 0 unspecified atom stereocenters. The first-order valence-corrected chi connectivity index (χ1v) is 10.8. The van der Waals surface area contributed by atoms with Crippen LogP contribution in [0.4, 0.5) is 0 Å². The zero-order chi connectivity index (χ0) is 18.4. The highest BCUT2D eigenvalue weighted by atomic mass is 32.1. The van der Waals surface area contributed by atoms with E-state index in [2.05, 4.69) is 23.2 Å². The predicted molar refractivity (Wildman–Crippen MR) is 104 cm³/mol. The fourth-order valence-electron chi connectivity index (χ4n) is 5.29. The van der Waals surface area contributed by atoms with Crippen LogP contribution in [0.15, 0.2) is 34.9 Å². The van der Waals surface area contributed by atoms with E-state index in [0.29, 0.717) is 24.5 Å². The van der Waals surface area contributed by atoms with Gasteiger partial charge in [-0.3, -0.25) is 9.69 Å². The molecule has 5 rings (SSSR count). The lowest BCUT2D eigenvalue weighted by Gasteiger charge is -2.29. The number of rotatable bonds is 6. The average Bonchev–Trinajstić information content (AvgIpc) is 3.45. The molecule has 3 aliphatic heterocycles. The summed E-state index contributed by atoms with van der Waals surface area (Å²) in [5, 5.41) is 3.19. The smallest absolute Gasteiger partial charge is 0.261 e. The Labute approximate surface area is 163 Å². The number of carbonyl (C=O) groups excluding carboxylic acids is 1. The molecule has 27 heavy (non-hydrogen) atoms. The zero-order valence-corrected chi connectivity index (χ0v) is 16.5. The monoisotopic (exact) mass is 386 g/mol. The molecule has 2 aromatic rings. The summed E-state index contributed by atoms with van der Waals surface area (Å²) in [6.45, 7) is 5.67. The maximum atomic E-state index is 12.5. The summed E-state index contributed by atoms with van der Waals surface area (Å²) in [4.78, 5) is 17.1. The van der Waals surface area contributed by atoms with E-state index >= 15 is 0 Å². The number of hydrogen-bond donors (Lipinski definition) is 1. The van der Waals surface area contributed by atoms with Gasteiger partial charge in [0.05, 0.1) is 29.4 Å². The van der Waals surface area contributed by atoms with Gasteiger partial charge in [0.15, 0.2) is 0 Å². The summed E-state index contributed by atoms with van der Waals surface area (Å²) in [6, 6.07) is 7.98. The summed E-state index contributed by atoms with van der Waals surface area (Å²) >= 11 is 1.60. The van der Waals surface area contributed by atoms with Gasteiger partial charge in [-0.1, -0.05) is 6.92 Å². The van der Waals surface area contributed by atoms with E-state index in [-0.39, 0.29) is 11.5 Å². The van der Waals surface area contributed by atoms with Crippen LogP contribution in [0.1, 0.15) is 40.1 Å². The van der Waals surface area contributed by atoms with Crippen molar-refractivity contribution in [2.24, 2.45) is 11.8 Å². The first kappa shape index (κ1) is 17.5. The quantitative estimate of drug-likeness (QED) is 0.828. The Balaban J connectivity index is 1.23. The number of likely N-dealkylation sites (tertiary alicyclic amines) is 1. The largest absolute Gasteiger partial charge is 0.468 e. The standard InChI is InChI=1S/C21H26N2O3S/c1-2-15-5-6-19(27-15)20(24)22-10-16-17-12-23(11-14-4-3-9-25-14)13-21(17)8-7-18(16)26-21/h3-6,9,16-18H,2,7-8,10-13H2,1H3,(H,22,24)/t16-,17+,18+,21+/m0/s1. The van der Waals surface area contributed by atoms with Gasteiger partial charge in [0.1, 0.15) is 5.76 Å². The Kier molecular flexibility index (Phi) is 4.37. The van der Waals surface area contributed by atoms with Crippen molar-refractivity contribution >= 4 is 17.2 Å². The highest BCUT2D eigenvalue weighted by molar-refractivity contribution is 7.14. The first-order valence-electron chi connectivity index (χ1n) is 9.96. The minimum Gasteiger partial charge on any atom is -0.468 e. The number of nitrogens with zero attached hydrogens (tertiary/aromatic N) is 1. The highest BCUT2D eigenvalue weighted by Crippen LogP contribution is 2.54. The molecule has 3 aliphatic rings. The second-order valence-electron chi connectivity index (χ2n) is 8.11. The minimum atomic E-state index is -0.00896. The molecular weight excluding hydrogens is 360 g/mol. The molecule has 1 amide bonds. The van der Waals surface area contributed by atoms with Gasteiger partial charge in [-0.15, -0.1) is 11.3 Å². The summed E-state index contributed by atoms with van der Waals surface area (Å²) in [5.41, 5.74) is -0.00896. The van der Waals surface area contributed by atoms with E-state index in [1.165, 1.54) is 4.88 Å². The van der Waals surface area contributed by atoms with Gasteiger partial charge in [-0.05, 0) is 43.5 Å². The molecule has 2 aromatic heterocycles. The molecule has 4 atom stereocenters. The van der Waals surface area contributed by atoms with Crippen LogP contribution in [-0.4, -0.2) is 42.1 Å². The van der Waals surface area contributed by atoms with E-state index in [1.54, 1.807) is 17.6 Å². The molecule has 144 valence electrons. The third-order valence-electron chi connectivity index (χ3n) is 6.55. The van der Waals surface area contributed by atoms with E-state index in [1.807, 2.05) is 18.2 Å². The van der Waals surface area contributed by atoms with Crippen LogP contribution in [-0.2, 0) is 17.7 Å². The zero-order valence-electron chi connectivity index (χ0n) is 15.6. The number of hydrogen-bond acceptors (Lipinski definition) is 5. The van der Waals surface area contributed by atoms with Gasteiger partial charge in [-0.25, -0.2) is 0 Å². The first-order chi connectivity index (χ1) is 13.2. The molecule has 1 spiro atoms. The van der Waals surface area contributed by atoms with Gasteiger partial charge in [-0.2, -0.15) is 0 Å². The summed E-state index contributed by atoms with van der Waals surface area (Å²) in [6.07, 6.45) is 5.28. The van der Waals surface area contributed by atoms with Crippen molar-refractivity contribution in [3.8, 4) is 0 Å². The van der Waals surface area contributed by atoms with Gasteiger partial charge in [0, 0.05) is 36.3 Å². The van der Waals surface area contributed by atoms with E-state index in [0.717, 1.165) is 49.5 Å². The van der Waals surface area contributed by atoms with Crippen LogP contribution in [0.2, 0.25) is 0 Å². The molecular formula is C21H26N2O3S. The Bertz CT molecular complexity index is 817. The lowest BCUT2D eigenvalue weighted by molar-refractivity contribution is 0.00168. The molecule has 0 radical (unpaired) electrons. The number of furan rings is 1. The van der Waals surface area contributed by atoms with Crippen molar-refractivity contribution in [1.82, 2.24) is 10.2 Å². The Morgan fingerprint density at radius 1 is 1.41 bits per heavy atom. The van der Waals surface area contributed by atoms with Gasteiger partial charge in [0.25, 0.3) is 5.91 Å². The Morgan fingerprint density at radius 2 is 2.33 bits per heavy atom. The lowest BCUT2D eigenvalue weighted by atomic mass is 9.73. The fraction of sp³-hybridized carbons (Fsp3) is 0.571. The number of amides is 1. The summed E-state index contributed by atoms with van der Waals surface area (Å²) < 4.78 is 12.0. The van der Waals surface area contributed by atoms with Crippen LogP contribution >= 0.6 is 11.3 Å². The van der Waals surface area contributed by atoms with Crippen LogP contribution in [0, 0.1) is 11.8 Å². The summed E-state index contributed by atoms with van der Waals surface area (Å²) in [5.74, 6) is 1.98. The highest BCUT2D eigenvalue weighted by Gasteiger charge is 2.62. The molecule has 0 saturated carbocycles. The number of aryl methyl sites for hydroxylation is 1. The molecule has 3 fully saturated rings. The maximum absolute atomic E-state index is 12.5. The molecule has 0 aliphatic carbocycles. The molecule has 2 bridgehead atoms. The predicted octanol–water partition coefficient (Wildman–Crippen LogP) is 3.31. The topological polar surface area (TPSA) is 54.7 Å². The molecule has 0 aromatic carbocycles. The van der Waals surface area contributed by atoms with Gasteiger partial charge < -0.3 is 14.5 Å². The normalized spacial score (nSPS) is 32.1. The SMILES string of the molecule is CCc1ccc(C(=O)NC[C@H]2[C@H]3CN(Cc4ccco4)C[C@]34CC[C@H]2O4)s1. The molecule has 6 heteroatoms. The second kappa shape index (κ2) is 6.76. The third-order valence-corrected chi connectivity index (χ3v) is 7.77. The van der Waals surface area contributed by atoms with E-state index in [9.17, 15) is 4.79 Å². The lowest BCUT2D eigenvalue weighted by Crippen LogP contribution is -2.41. The van der Waals surface area contributed by atoms with Gasteiger partial charge in [0.2, 0.25) is 0 Å². The van der Waals surface area contributed by atoms with Crippen LogP contribution in [0.25, 0.3) is 0 Å². The second-order valence-corrected chi connectivity index (χ2v) is 9.28. The number of thiophene rings is 1. The number of fused-ring (bicyclic) bond motifs is 1. The maximum Gasteiger partial charge on any atom is 0.261 e. The number of nitrogens with one attached hydrogen (secondary N) is 1. The number of ether oxygens (including phenoxy) is 1. The molecule has 1 N–H and O–H groups in total. The molecule has 3 saturated heterocycles. The third kappa shape index (κ3) is 3.04. The van der Waals surface area contributed by atoms with E-state index in [4.69, 9.17) is 9.15 Å². The van der Waals surface area contributed by atoms with E-state index < -0.39 is 0 Å². The fourth-order valence-corrected chi connectivity index (χ4v) is 6.15. The van der Waals surface area contributed by atoms with Crippen molar-refractivity contribution in [1.29, 1.82) is 0 Å². The Hall–Kier alpha value is -1.63. The van der Waals surface area contributed by atoms with Crippen molar-refractivity contribution < 1.29 is 13.9 Å². The number of carbonyl (C=O) groups is 1. The van der Waals surface area contributed by atoms with Crippen LogP contribution in [0.5, 0.6) is 0 Å². The Morgan fingerprint density at radius 3 is 3.11 bits per heavy atom. The van der Waals surface area contributed by atoms with Crippen LogP contribution < -0.4 is 5.32 Å². The average molecular weight is 387 g/mol. The summed E-state index contributed by atoms with van der Waals surface area (Å²) in [7, 11) is 0. The van der Waals surface area contributed by atoms with Gasteiger partial charge >= 0.3 is 0 Å². The molecule has 5 heterocycles.